The van der Waals surface area contributed by atoms with Crippen molar-refractivity contribution < 1.29 is 9.90 Å². The van der Waals surface area contributed by atoms with Crippen LogP contribution >= 0.6 is 0 Å². The molecule has 1 aliphatic carbocycles. The Bertz CT molecular complexity index is 577. The molecule has 2 heteroatoms. The lowest BCUT2D eigenvalue weighted by Gasteiger charge is -2.21. The van der Waals surface area contributed by atoms with Crippen LogP contribution in [0.4, 0.5) is 0 Å². The lowest BCUT2D eigenvalue weighted by atomic mass is 9.83. The maximum Gasteiger partial charge on any atom is 0.166 e. The summed E-state index contributed by atoms with van der Waals surface area (Å²) in [7, 11) is 0. The average Bonchev–Trinajstić information content (AvgIpc) is 2.90. The highest BCUT2D eigenvalue weighted by Gasteiger charge is 2.40. The molecule has 2 aromatic rings. The molecule has 20 heavy (non-hydrogen) atoms. The summed E-state index contributed by atoms with van der Waals surface area (Å²) >= 11 is 0. The molecule has 1 aliphatic rings. The van der Waals surface area contributed by atoms with Crippen LogP contribution in [0.25, 0.3) is 0 Å². The molecule has 0 spiro atoms. The van der Waals surface area contributed by atoms with Gasteiger partial charge >= 0.3 is 0 Å². The molecule has 0 heterocycles. The van der Waals surface area contributed by atoms with Gasteiger partial charge in [-0.2, -0.15) is 0 Å². The first kappa shape index (κ1) is 13.1. The maximum absolute atomic E-state index is 12.7. The minimum Gasteiger partial charge on any atom is -0.392 e. The van der Waals surface area contributed by atoms with Crippen LogP contribution < -0.4 is 0 Å². The fourth-order valence-corrected chi connectivity index (χ4v) is 3.22. The molecule has 2 aromatic carbocycles. The zero-order chi connectivity index (χ0) is 13.9. The molecule has 0 radical (unpaired) electrons. The molecule has 3 atom stereocenters. The lowest BCUT2D eigenvalue weighted by molar-refractivity contribution is 0.0877. The van der Waals surface area contributed by atoms with Crippen LogP contribution in [-0.4, -0.2) is 17.0 Å². The summed E-state index contributed by atoms with van der Waals surface area (Å²) in [6.45, 7) is 0. The van der Waals surface area contributed by atoms with Gasteiger partial charge in [0, 0.05) is 17.4 Å². The Kier molecular flexibility index (Phi) is 3.66. The minimum atomic E-state index is -0.421. The Labute approximate surface area is 119 Å². The van der Waals surface area contributed by atoms with Crippen LogP contribution in [0.15, 0.2) is 60.7 Å². The molecule has 0 saturated heterocycles. The average molecular weight is 266 g/mol. The summed E-state index contributed by atoms with van der Waals surface area (Å²) in [4.78, 5) is 12.7. The molecular formula is C18H18O2. The number of aliphatic hydroxyl groups excluding tert-OH is 1. The van der Waals surface area contributed by atoms with E-state index in [2.05, 4.69) is 0 Å². The van der Waals surface area contributed by atoms with Crippen LogP contribution in [0.3, 0.4) is 0 Å². The summed E-state index contributed by atoms with van der Waals surface area (Å²) in [5, 5.41) is 10.3. The van der Waals surface area contributed by atoms with Gasteiger partial charge in [0.25, 0.3) is 0 Å². The van der Waals surface area contributed by atoms with E-state index in [0.717, 1.165) is 17.5 Å². The highest BCUT2D eigenvalue weighted by Crippen LogP contribution is 2.41. The molecule has 2 nitrogen and oxygen atoms in total. The first-order valence-corrected chi connectivity index (χ1v) is 7.09. The third-order valence-electron chi connectivity index (χ3n) is 4.20. The first-order valence-electron chi connectivity index (χ1n) is 7.09. The second-order valence-electron chi connectivity index (χ2n) is 5.42. The molecule has 0 aromatic heterocycles. The molecular weight excluding hydrogens is 248 g/mol. The topological polar surface area (TPSA) is 37.3 Å². The Morgan fingerprint density at radius 2 is 1.50 bits per heavy atom. The molecule has 0 bridgehead atoms. The second-order valence-corrected chi connectivity index (χ2v) is 5.42. The molecule has 1 saturated carbocycles. The SMILES string of the molecule is O=C(c1ccccc1)[C@H]1CC[C@@H](O)[C@@H]1c1ccccc1. The van der Waals surface area contributed by atoms with E-state index in [1.165, 1.54) is 0 Å². The zero-order valence-electron chi connectivity index (χ0n) is 11.3. The predicted molar refractivity (Wildman–Crippen MR) is 78.7 cm³/mol. The Morgan fingerprint density at radius 3 is 2.15 bits per heavy atom. The fourth-order valence-electron chi connectivity index (χ4n) is 3.22. The largest absolute Gasteiger partial charge is 0.392 e. The van der Waals surface area contributed by atoms with Crippen LogP contribution in [-0.2, 0) is 0 Å². The number of hydrogen-bond donors (Lipinski definition) is 1. The molecule has 102 valence electrons. The first-order chi connectivity index (χ1) is 9.77. The number of ketones is 1. The van der Waals surface area contributed by atoms with Crippen molar-refractivity contribution in [3.05, 3.63) is 71.8 Å². The van der Waals surface area contributed by atoms with E-state index in [4.69, 9.17) is 0 Å². The van der Waals surface area contributed by atoms with Gasteiger partial charge in [-0.25, -0.2) is 0 Å². The van der Waals surface area contributed by atoms with Crippen LogP contribution in [0.5, 0.6) is 0 Å². The maximum atomic E-state index is 12.7. The number of carbonyl (C=O) groups is 1. The van der Waals surface area contributed by atoms with Gasteiger partial charge in [-0.1, -0.05) is 60.7 Å². The lowest BCUT2D eigenvalue weighted by Crippen LogP contribution is -2.23. The van der Waals surface area contributed by atoms with Gasteiger partial charge in [-0.05, 0) is 18.4 Å². The normalized spacial score (nSPS) is 25.6. The van der Waals surface area contributed by atoms with E-state index in [0.29, 0.717) is 6.42 Å². The van der Waals surface area contributed by atoms with Crippen molar-refractivity contribution in [2.75, 3.05) is 0 Å². The number of benzene rings is 2. The molecule has 3 rings (SSSR count). The Balaban J connectivity index is 1.91. The summed E-state index contributed by atoms with van der Waals surface area (Å²) in [6.07, 6.45) is 1.03. The third-order valence-corrected chi connectivity index (χ3v) is 4.20. The molecule has 0 unspecified atom stereocenters. The van der Waals surface area contributed by atoms with Crippen LogP contribution in [0.1, 0.15) is 34.7 Å². The van der Waals surface area contributed by atoms with Crippen molar-refractivity contribution in [1.29, 1.82) is 0 Å². The molecule has 1 fully saturated rings. The monoisotopic (exact) mass is 266 g/mol. The fraction of sp³-hybridized carbons (Fsp3) is 0.278. The summed E-state index contributed by atoms with van der Waals surface area (Å²) in [5.74, 6) is -0.0466. The summed E-state index contributed by atoms with van der Waals surface area (Å²) in [5.41, 5.74) is 1.80. The van der Waals surface area contributed by atoms with Gasteiger partial charge in [0.15, 0.2) is 5.78 Å². The molecule has 0 aliphatic heterocycles. The van der Waals surface area contributed by atoms with E-state index in [-0.39, 0.29) is 17.6 Å². The van der Waals surface area contributed by atoms with E-state index in [1.807, 2.05) is 60.7 Å². The van der Waals surface area contributed by atoms with Crippen molar-refractivity contribution in [2.24, 2.45) is 5.92 Å². The van der Waals surface area contributed by atoms with E-state index < -0.39 is 6.10 Å². The number of aliphatic hydroxyl groups is 1. The third kappa shape index (κ3) is 2.39. The smallest absolute Gasteiger partial charge is 0.166 e. The summed E-state index contributed by atoms with van der Waals surface area (Å²) in [6, 6.07) is 19.3. The van der Waals surface area contributed by atoms with E-state index in [9.17, 15) is 9.90 Å². The number of hydrogen-bond acceptors (Lipinski definition) is 2. The quantitative estimate of drug-likeness (QED) is 0.864. The Hall–Kier alpha value is -1.93. The van der Waals surface area contributed by atoms with Crippen molar-refractivity contribution in [2.45, 2.75) is 24.9 Å². The van der Waals surface area contributed by atoms with Gasteiger partial charge in [-0.15, -0.1) is 0 Å². The predicted octanol–water partition coefficient (Wildman–Crippen LogP) is 3.42. The van der Waals surface area contributed by atoms with Crippen molar-refractivity contribution in [3.8, 4) is 0 Å². The van der Waals surface area contributed by atoms with Crippen molar-refractivity contribution >= 4 is 5.78 Å². The molecule has 1 N–H and O–H groups in total. The summed E-state index contributed by atoms with van der Waals surface area (Å²) < 4.78 is 0. The van der Waals surface area contributed by atoms with Crippen LogP contribution in [0.2, 0.25) is 0 Å². The highest BCUT2D eigenvalue weighted by atomic mass is 16.3. The zero-order valence-corrected chi connectivity index (χ0v) is 11.3. The van der Waals surface area contributed by atoms with Gasteiger partial charge in [0.1, 0.15) is 0 Å². The van der Waals surface area contributed by atoms with Crippen molar-refractivity contribution in [1.82, 2.24) is 0 Å². The van der Waals surface area contributed by atoms with Gasteiger partial charge in [-0.3, -0.25) is 4.79 Å². The molecule has 0 amide bonds. The number of rotatable bonds is 3. The van der Waals surface area contributed by atoms with E-state index in [1.54, 1.807) is 0 Å². The van der Waals surface area contributed by atoms with Gasteiger partial charge in [0.2, 0.25) is 0 Å². The van der Waals surface area contributed by atoms with E-state index >= 15 is 0 Å². The van der Waals surface area contributed by atoms with Gasteiger partial charge in [0.05, 0.1) is 6.10 Å². The Morgan fingerprint density at radius 1 is 0.900 bits per heavy atom. The van der Waals surface area contributed by atoms with Crippen molar-refractivity contribution in [3.63, 3.8) is 0 Å². The van der Waals surface area contributed by atoms with Crippen LogP contribution in [0, 0.1) is 5.92 Å². The number of carbonyl (C=O) groups excluding carboxylic acids is 1. The minimum absolute atomic E-state index is 0.0797. The van der Waals surface area contributed by atoms with Gasteiger partial charge < -0.3 is 5.11 Å². The highest BCUT2D eigenvalue weighted by molar-refractivity contribution is 5.98. The second kappa shape index (κ2) is 5.59. The standard InChI is InChI=1S/C18H18O2/c19-16-12-11-15(17(16)13-7-3-1-4-8-13)18(20)14-9-5-2-6-10-14/h1-10,15-17,19H,11-12H2/t15-,16+,17+/m0/s1. The number of Topliss-reactive ketones (excluding diaryl/α,β-unsaturated/α-hetero) is 1.